The second kappa shape index (κ2) is 4.98. The highest BCUT2D eigenvalue weighted by Gasteiger charge is 2.25. The molecule has 5 heteroatoms. The number of benzene rings is 2. The van der Waals surface area contributed by atoms with Crippen LogP contribution in [0.1, 0.15) is 17.4 Å². The van der Waals surface area contributed by atoms with Crippen LogP contribution < -0.4 is 0 Å². The van der Waals surface area contributed by atoms with Crippen LogP contribution in [0.3, 0.4) is 0 Å². The van der Waals surface area contributed by atoms with E-state index < -0.39 is 0 Å². The molecule has 0 saturated carbocycles. The van der Waals surface area contributed by atoms with Gasteiger partial charge in [-0.15, -0.1) is 0 Å². The standard InChI is InChI=1S/C16H12ClNO2S/c17-11-5-6-14-13(9-11)18(16(21)20-14)15-12-4-2-1-3-10(12)7-8-19-15/h1-6,9,15H,7-8H2. The van der Waals surface area contributed by atoms with Crippen molar-refractivity contribution in [2.24, 2.45) is 0 Å². The molecule has 4 rings (SSSR count). The molecular weight excluding hydrogens is 306 g/mol. The third-order valence-corrected chi connectivity index (χ3v) is 4.29. The summed E-state index contributed by atoms with van der Waals surface area (Å²) in [6.45, 7) is 0.663. The van der Waals surface area contributed by atoms with E-state index in [1.165, 1.54) is 5.56 Å². The Hall–Kier alpha value is -1.62. The zero-order chi connectivity index (χ0) is 14.4. The molecule has 3 aromatic rings. The van der Waals surface area contributed by atoms with Crippen molar-refractivity contribution >= 4 is 34.9 Å². The van der Waals surface area contributed by atoms with Gasteiger partial charge in [-0.05, 0) is 42.4 Å². The molecule has 1 aliphatic heterocycles. The predicted octanol–water partition coefficient (Wildman–Crippen LogP) is 4.74. The van der Waals surface area contributed by atoms with E-state index in [9.17, 15) is 0 Å². The van der Waals surface area contributed by atoms with Crippen molar-refractivity contribution in [2.45, 2.75) is 12.6 Å². The molecule has 1 unspecified atom stereocenters. The summed E-state index contributed by atoms with van der Waals surface area (Å²) in [5, 5.41) is 0.649. The topological polar surface area (TPSA) is 27.3 Å². The van der Waals surface area contributed by atoms with Gasteiger partial charge in [0, 0.05) is 10.6 Å². The summed E-state index contributed by atoms with van der Waals surface area (Å²) in [5.41, 5.74) is 3.99. The van der Waals surface area contributed by atoms with Crippen LogP contribution in [-0.2, 0) is 11.2 Å². The fourth-order valence-corrected chi connectivity index (χ4v) is 3.27. The molecule has 1 aliphatic rings. The van der Waals surface area contributed by atoms with E-state index in [1.807, 2.05) is 28.8 Å². The van der Waals surface area contributed by atoms with Gasteiger partial charge in [-0.2, -0.15) is 0 Å². The molecular formula is C16H12ClNO2S. The Balaban J connectivity index is 1.98. The molecule has 0 bridgehead atoms. The normalized spacial score (nSPS) is 17.9. The Morgan fingerprint density at radius 2 is 2.05 bits per heavy atom. The highest BCUT2D eigenvalue weighted by molar-refractivity contribution is 7.71. The van der Waals surface area contributed by atoms with Crippen molar-refractivity contribution in [3.63, 3.8) is 0 Å². The lowest BCUT2D eigenvalue weighted by molar-refractivity contribution is 0.0220. The number of rotatable bonds is 1. The van der Waals surface area contributed by atoms with E-state index >= 15 is 0 Å². The zero-order valence-corrected chi connectivity index (χ0v) is 12.7. The average molecular weight is 318 g/mol. The van der Waals surface area contributed by atoms with Crippen molar-refractivity contribution in [1.82, 2.24) is 4.57 Å². The smallest absolute Gasteiger partial charge is 0.272 e. The average Bonchev–Trinajstić information content (AvgIpc) is 2.82. The van der Waals surface area contributed by atoms with Gasteiger partial charge in [-0.25, -0.2) is 0 Å². The van der Waals surface area contributed by atoms with Crippen LogP contribution in [0.2, 0.25) is 5.02 Å². The summed E-state index contributed by atoms with van der Waals surface area (Å²) in [5.74, 6) is 0. The quantitative estimate of drug-likeness (QED) is 0.607. The van der Waals surface area contributed by atoms with Gasteiger partial charge >= 0.3 is 0 Å². The lowest BCUT2D eigenvalue weighted by atomic mass is 10.0. The number of hydrogen-bond acceptors (Lipinski definition) is 3. The van der Waals surface area contributed by atoms with Gasteiger partial charge in [0.1, 0.15) is 0 Å². The van der Waals surface area contributed by atoms with Gasteiger partial charge in [0.2, 0.25) is 0 Å². The van der Waals surface area contributed by atoms with E-state index in [0.29, 0.717) is 16.5 Å². The summed E-state index contributed by atoms with van der Waals surface area (Å²) in [4.78, 5) is 0.397. The molecule has 2 aromatic carbocycles. The Bertz CT molecular complexity index is 883. The molecule has 21 heavy (non-hydrogen) atoms. The number of hydrogen-bond donors (Lipinski definition) is 0. The SMILES string of the molecule is S=c1oc2ccc(Cl)cc2n1C1OCCc2ccccc21. The van der Waals surface area contributed by atoms with Gasteiger partial charge < -0.3 is 9.15 Å². The van der Waals surface area contributed by atoms with Gasteiger partial charge in [0.15, 0.2) is 11.8 Å². The second-order valence-corrected chi connectivity index (χ2v) is 5.81. The number of ether oxygens (including phenoxy) is 1. The number of oxazole rings is 1. The van der Waals surface area contributed by atoms with E-state index in [2.05, 4.69) is 12.1 Å². The van der Waals surface area contributed by atoms with Crippen molar-refractivity contribution in [3.8, 4) is 0 Å². The molecule has 0 fully saturated rings. The minimum absolute atomic E-state index is 0.262. The summed E-state index contributed by atoms with van der Waals surface area (Å²) in [7, 11) is 0. The third-order valence-electron chi connectivity index (χ3n) is 3.78. The first kappa shape index (κ1) is 13.1. The largest absolute Gasteiger partial charge is 0.429 e. The molecule has 3 nitrogen and oxygen atoms in total. The van der Waals surface area contributed by atoms with Crippen LogP contribution in [0.15, 0.2) is 46.9 Å². The van der Waals surface area contributed by atoms with E-state index in [0.717, 1.165) is 23.1 Å². The molecule has 0 amide bonds. The molecule has 0 spiro atoms. The molecule has 106 valence electrons. The van der Waals surface area contributed by atoms with Crippen LogP contribution in [-0.4, -0.2) is 11.2 Å². The summed E-state index contributed by atoms with van der Waals surface area (Å²) in [6, 6.07) is 13.7. The Morgan fingerprint density at radius 3 is 2.95 bits per heavy atom. The van der Waals surface area contributed by atoms with Crippen LogP contribution in [0.5, 0.6) is 0 Å². The molecule has 0 radical (unpaired) electrons. The first-order chi connectivity index (χ1) is 10.2. The van der Waals surface area contributed by atoms with Crippen molar-refractivity contribution in [3.05, 3.63) is 63.5 Å². The van der Waals surface area contributed by atoms with Crippen molar-refractivity contribution in [2.75, 3.05) is 6.61 Å². The second-order valence-electron chi connectivity index (χ2n) is 5.02. The predicted molar refractivity (Wildman–Crippen MR) is 84.3 cm³/mol. The lowest BCUT2D eigenvalue weighted by Crippen LogP contribution is -2.22. The maximum Gasteiger partial charge on any atom is 0.272 e. The maximum atomic E-state index is 6.11. The number of aromatic nitrogens is 1. The molecule has 0 aliphatic carbocycles. The summed E-state index contributed by atoms with van der Waals surface area (Å²) < 4.78 is 13.5. The molecule has 0 saturated heterocycles. The maximum absolute atomic E-state index is 6.11. The lowest BCUT2D eigenvalue weighted by Gasteiger charge is -2.27. The van der Waals surface area contributed by atoms with E-state index in [4.69, 9.17) is 33.0 Å². The van der Waals surface area contributed by atoms with Crippen LogP contribution >= 0.6 is 23.8 Å². The summed E-state index contributed by atoms with van der Waals surface area (Å²) in [6.07, 6.45) is 0.651. The fraction of sp³-hybridized carbons (Fsp3) is 0.188. The Labute approximate surface area is 131 Å². The van der Waals surface area contributed by atoms with Gasteiger partial charge in [0.05, 0.1) is 12.1 Å². The highest BCUT2D eigenvalue weighted by Crippen LogP contribution is 2.33. The summed E-state index contributed by atoms with van der Waals surface area (Å²) >= 11 is 11.5. The number of fused-ring (bicyclic) bond motifs is 2. The van der Waals surface area contributed by atoms with Gasteiger partial charge in [0.25, 0.3) is 4.84 Å². The minimum atomic E-state index is -0.262. The first-order valence-electron chi connectivity index (χ1n) is 6.74. The van der Waals surface area contributed by atoms with Crippen LogP contribution in [0.25, 0.3) is 11.1 Å². The number of halogens is 1. The molecule has 2 heterocycles. The molecule has 0 N–H and O–H groups in total. The van der Waals surface area contributed by atoms with E-state index in [-0.39, 0.29) is 6.23 Å². The van der Waals surface area contributed by atoms with Crippen molar-refractivity contribution in [1.29, 1.82) is 0 Å². The Kier molecular flexibility index (Phi) is 3.10. The molecule has 1 atom stereocenters. The van der Waals surface area contributed by atoms with Crippen LogP contribution in [0, 0.1) is 4.84 Å². The van der Waals surface area contributed by atoms with Crippen molar-refractivity contribution < 1.29 is 9.15 Å². The first-order valence-corrected chi connectivity index (χ1v) is 7.52. The van der Waals surface area contributed by atoms with Crippen LogP contribution in [0.4, 0.5) is 0 Å². The van der Waals surface area contributed by atoms with Gasteiger partial charge in [-0.1, -0.05) is 35.9 Å². The third kappa shape index (κ3) is 2.11. The van der Waals surface area contributed by atoms with E-state index in [1.54, 1.807) is 6.07 Å². The molecule has 1 aromatic heterocycles. The highest BCUT2D eigenvalue weighted by atomic mass is 35.5. The fourth-order valence-electron chi connectivity index (χ4n) is 2.82. The minimum Gasteiger partial charge on any atom is -0.429 e. The Morgan fingerprint density at radius 1 is 1.19 bits per heavy atom. The zero-order valence-electron chi connectivity index (χ0n) is 11.1. The number of nitrogens with zero attached hydrogens (tertiary/aromatic N) is 1. The van der Waals surface area contributed by atoms with Gasteiger partial charge in [-0.3, -0.25) is 4.57 Å². The monoisotopic (exact) mass is 317 g/mol.